The number of esters is 1. The van der Waals surface area contributed by atoms with Gasteiger partial charge in [0.1, 0.15) is 6.10 Å². The minimum atomic E-state index is -0.775. The van der Waals surface area contributed by atoms with Crippen LogP contribution in [0.1, 0.15) is 239 Å². The van der Waals surface area contributed by atoms with Crippen molar-refractivity contribution in [2.24, 2.45) is 0 Å². The lowest BCUT2D eigenvalue weighted by molar-refractivity contribution is -0.151. The van der Waals surface area contributed by atoms with Gasteiger partial charge < -0.3 is 20.3 Å². The molecule has 6 heteroatoms. The number of aliphatic hydroxyl groups excluding tert-OH is 2. The third-order valence-corrected chi connectivity index (χ3v) is 10.2. The molecule has 292 valence electrons. The summed E-state index contributed by atoms with van der Waals surface area (Å²) < 4.78 is 5.88. The number of carbonyl (C=O) groups is 2. The van der Waals surface area contributed by atoms with Crippen LogP contribution in [-0.2, 0) is 14.3 Å². The average Bonchev–Trinajstić information content (AvgIpc) is 3.09. The zero-order chi connectivity index (χ0) is 36.0. The van der Waals surface area contributed by atoms with Gasteiger partial charge >= 0.3 is 5.97 Å². The van der Waals surface area contributed by atoms with Crippen molar-refractivity contribution in [1.82, 2.24) is 5.32 Å². The number of amides is 1. The number of carbonyl (C=O) groups excluding carboxylic acids is 2. The first-order valence-corrected chi connectivity index (χ1v) is 21.8. The van der Waals surface area contributed by atoms with E-state index in [1.807, 2.05) is 0 Å². The minimum absolute atomic E-state index is 0.0858. The molecule has 0 aromatic heterocycles. The van der Waals surface area contributed by atoms with Crippen molar-refractivity contribution < 1.29 is 24.5 Å². The van der Waals surface area contributed by atoms with E-state index < -0.39 is 18.2 Å². The summed E-state index contributed by atoms with van der Waals surface area (Å²) in [6, 6.07) is -0.688. The molecule has 3 atom stereocenters. The Kier molecular flexibility index (Phi) is 37.2. The molecule has 0 radical (unpaired) electrons. The van der Waals surface area contributed by atoms with E-state index in [2.05, 4.69) is 26.1 Å². The summed E-state index contributed by atoms with van der Waals surface area (Å²) in [7, 11) is 0. The van der Waals surface area contributed by atoms with Gasteiger partial charge in [0.05, 0.1) is 25.2 Å². The highest BCUT2D eigenvalue weighted by Crippen LogP contribution is 2.18. The molecule has 0 aromatic rings. The van der Waals surface area contributed by atoms with Crippen LogP contribution in [-0.4, -0.2) is 46.9 Å². The summed E-state index contributed by atoms with van der Waals surface area (Å²) >= 11 is 0. The lowest BCUT2D eigenvalue weighted by Gasteiger charge is -2.24. The van der Waals surface area contributed by atoms with E-state index in [1.165, 1.54) is 148 Å². The van der Waals surface area contributed by atoms with Crippen LogP contribution in [0.4, 0.5) is 0 Å². The molecule has 1 amide bonds. The van der Waals surface area contributed by atoms with Crippen molar-refractivity contribution >= 4 is 11.9 Å². The molecule has 6 nitrogen and oxygen atoms in total. The Morgan fingerprint density at radius 3 is 1.24 bits per heavy atom. The van der Waals surface area contributed by atoms with Gasteiger partial charge in [0.25, 0.3) is 0 Å². The third kappa shape index (κ3) is 33.7. The van der Waals surface area contributed by atoms with Crippen LogP contribution in [0.5, 0.6) is 0 Å². The predicted molar refractivity (Wildman–Crippen MR) is 209 cm³/mol. The van der Waals surface area contributed by atoms with Gasteiger partial charge in [-0.25, -0.2) is 0 Å². The van der Waals surface area contributed by atoms with E-state index in [9.17, 15) is 19.8 Å². The van der Waals surface area contributed by atoms with Gasteiger partial charge in [0, 0.05) is 6.42 Å². The van der Waals surface area contributed by atoms with E-state index in [1.54, 1.807) is 0 Å². The van der Waals surface area contributed by atoms with Crippen LogP contribution >= 0.6 is 0 Å². The molecular weight excluding hydrogens is 610 g/mol. The van der Waals surface area contributed by atoms with Crippen molar-refractivity contribution in [3.63, 3.8) is 0 Å². The van der Waals surface area contributed by atoms with Gasteiger partial charge in [0.15, 0.2) is 0 Å². The maximum atomic E-state index is 13.0. The molecule has 49 heavy (non-hydrogen) atoms. The Labute approximate surface area is 305 Å². The Morgan fingerprint density at radius 1 is 0.510 bits per heavy atom. The quantitative estimate of drug-likeness (QED) is 0.0439. The Bertz CT molecular complexity index is 702. The fraction of sp³-hybridized carbons (Fsp3) is 0.953. The van der Waals surface area contributed by atoms with Crippen LogP contribution in [0.25, 0.3) is 0 Å². The largest absolute Gasteiger partial charge is 0.462 e. The maximum absolute atomic E-state index is 13.0. The van der Waals surface area contributed by atoms with E-state index in [0.29, 0.717) is 19.3 Å². The second-order valence-corrected chi connectivity index (χ2v) is 15.1. The molecule has 0 heterocycles. The maximum Gasteiger partial charge on any atom is 0.306 e. The number of unbranched alkanes of at least 4 members (excludes halogenated alkanes) is 27. The van der Waals surface area contributed by atoms with Crippen LogP contribution in [0.2, 0.25) is 0 Å². The highest BCUT2D eigenvalue weighted by atomic mass is 16.5. The smallest absolute Gasteiger partial charge is 0.306 e. The molecule has 0 aliphatic heterocycles. The molecule has 0 rings (SSSR count). The first-order chi connectivity index (χ1) is 24.0. The van der Waals surface area contributed by atoms with Gasteiger partial charge in [-0.2, -0.15) is 0 Å². The first-order valence-electron chi connectivity index (χ1n) is 21.8. The summed E-state index contributed by atoms with van der Waals surface area (Å²) in [6.45, 7) is 6.44. The SMILES string of the molecule is CCCCCCCCCCCCCCC(=O)OC(CCCCCCCCCCC)CC(=O)NC(CO)C(O)CCCCCCCCCCC. The summed E-state index contributed by atoms with van der Waals surface area (Å²) in [5.41, 5.74) is 0. The zero-order valence-electron chi connectivity index (χ0n) is 33.1. The summed E-state index contributed by atoms with van der Waals surface area (Å²) in [4.78, 5) is 25.8. The number of rotatable bonds is 39. The van der Waals surface area contributed by atoms with E-state index in [-0.39, 0.29) is 24.9 Å². The second kappa shape index (κ2) is 38.1. The molecule has 0 aliphatic rings. The van der Waals surface area contributed by atoms with E-state index >= 15 is 0 Å². The molecule has 0 aliphatic carbocycles. The number of nitrogens with one attached hydrogen (secondary N) is 1. The topological polar surface area (TPSA) is 95.9 Å². The standard InChI is InChI=1S/C43H85NO5/c1-4-7-10-13-16-19-20-21-24-27-30-33-36-43(48)49-39(34-31-28-25-22-17-14-11-8-5-2)37-42(47)44-40(38-45)41(46)35-32-29-26-23-18-15-12-9-6-3/h39-41,45-46H,4-38H2,1-3H3,(H,44,47). The lowest BCUT2D eigenvalue weighted by atomic mass is 10.0. The first kappa shape index (κ1) is 47.9. The van der Waals surface area contributed by atoms with Crippen LogP contribution in [0, 0.1) is 0 Å². The summed E-state index contributed by atoms with van der Waals surface area (Å²) in [5, 5.41) is 23.5. The molecule has 0 saturated heterocycles. The predicted octanol–water partition coefficient (Wildman–Crippen LogP) is 12.1. The highest BCUT2D eigenvalue weighted by Gasteiger charge is 2.24. The number of aliphatic hydroxyl groups is 2. The van der Waals surface area contributed by atoms with Gasteiger partial charge in [-0.05, 0) is 25.7 Å². The van der Waals surface area contributed by atoms with Crippen molar-refractivity contribution in [3.05, 3.63) is 0 Å². The van der Waals surface area contributed by atoms with Gasteiger partial charge in [-0.1, -0.05) is 201 Å². The van der Waals surface area contributed by atoms with Crippen LogP contribution in [0.3, 0.4) is 0 Å². The fourth-order valence-electron chi connectivity index (χ4n) is 6.84. The Balaban J connectivity index is 4.52. The molecule has 0 spiro atoms. The van der Waals surface area contributed by atoms with Gasteiger partial charge in [-0.15, -0.1) is 0 Å². The molecule has 0 fully saturated rings. The Morgan fingerprint density at radius 2 is 0.857 bits per heavy atom. The summed E-state index contributed by atoms with van der Waals surface area (Å²) in [6.07, 6.45) is 37.3. The number of hydrogen-bond donors (Lipinski definition) is 3. The Hall–Kier alpha value is -1.14. The molecule has 0 bridgehead atoms. The van der Waals surface area contributed by atoms with E-state index in [0.717, 1.165) is 44.9 Å². The molecular formula is C43H85NO5. The second-order valence-electron chi connectivity index (χ2n) is 15.1. The number of ether oxygens (including phenoxy) is 1. The highest BCUT2D eigenvalue weighted by molar-refractivity contribution is 5.77. The van der Waals surface area contributed by atoms with E-state index in [4.69, 9.17) is 4.74 Å². The lowest BCUT2D eigenvalue weighted by Crippen LogP contribution is -2.46. The van der Waals surface area contributed by atoms with Crippen molar-refractivity contribution in [2.75, 3.05) is 6.61 Å². The minimum Gasteiger partial charge on any atom is -0.462 e. The third-order valence-electron chi connectivity index (χ3n) is 10.2. The zero-order valence-corrected chi connectivity index (χ0v) is 33.1. The van der Waals surface area contributed by atoms with Crippen molar-refractivity contribution in [1.29, 1.82) is 0 Å². The number of hydrogen-bond acceptors (Lipinski definition) is 5. The van der Waals surface area contributed by atoms with Crippen LogP contribution < -0.4 is 5.32 Å². The molecule has 3 unspecified atom stereocenters. The van der Waals surface area contributed by atoms with Gasteiger partial charge in [-0.3, -0.25) is 9.59 Å². The summed E-state index contributed by atoms with van der Waals surface area (Å²) in [5.74, 6) is -0.464. The normalized spacial score (nSPS) is 13.3. The molecule has 0 aromatic carbocycles. The van der Waals surface area contributed by atoms with Crippen LogP contribution in [0.15, 0.2) is 0 Å². The van der Waals surface area contributed by atoms with Gasteiger partial charge in [0.2, 0.25) is 5.91 Å². The average molecular weight is 696 g/mol. The van der Waals surface area contributed by atoms with Crippen molar-refractivity contribution in [3.8, 4) is 0 Å². The molecule has 3 N–H and O–H groups in total. The fourth-order valence-corrected chi connectivity index (χ4v) is 6.84. The molecule has 0 saturated carbocycles. The monoisotopic (exact) mass is 696 g/mol. The van der Waals surface area contributed by atoms with Crippen molar-refractivity contribution in [2.45, 2.75) is 257 Å².